The average Bonchev–Trinajstić information content (AvgIpc) is 2.55. The lowest BCUT2D eigenvalue weighted by Gasteiger charge is -2.12. The van der Waals surface area contributed by atoms with Gasteiger partial charge in [0.05, 0.1) is 26.5 Å². The van der Waals surface area contributed by atoms with Crippen LogP contribution in [-0.2, 0) is 6.54 Å². The van der Waals surface area contributed by atoms with Crippen LogP contribution < -0.4 is 20.5 Å². The van der Waals surface area contributed by atoms with Crippen molar-refractivity contribution in [1.29, 1.82) is 0 Å². The van der Waals surface area contributed by atoms with E-state index in [9.17, 15) is 4.39 Å². The van der Waals surface area contributed by atoms with Gasteiger partial charge < -0.3 is 20.5 Å². The van der Waals surface area contributed by atoms with Crippen LogP contribution in [0.2, 0.25) is 0 Å². The summed E-state index contributed by atoms with van der Waals surface area (Å²) < 4.78 is 24.9. The lowest BCUT2D eigenvalue weighted by Crippen LogP contribution is -2.23. The summed E-state index contributed by atoms with van der Waals surface area (Å²) in [5.74, 6) is 1.07. The van der Waals surface area contributed by atoms with Gasteiger partial charge in [-0.05, 0) is 30.3 Å². The highest BCUT2D eigenvalue weighted by Gasteiger charge is 2.07. The molecule has 0 fully saturated rings. The fourth-order valence-corrected chi connectivity index (χ4v) is 2.33. The number of benzene rings is 2. The molecule has 0 bridgehead atoms. The first-order valence-corrected chi connectivity index (χ1v) is 7.55. The first kappa shape index (κ1) is 20.5. The first-order valence-electron chi connectivity index (χ1n) is 6.76. The molecule has 2 aromatic rings. The summed E-state index contributed by atoms with van der Waals surface area (Å²) in [6.45, 7) is 0.121. The number of methoxy groups -OCH3 is 2. The van der Waals surface area contributed by atoms with Gasteiger partial charge in [-0.1, -0.05) is 15.9 Å². The van der Waals surface area contributed by atoms with Gasteiger partial charge in [-0.3, -0.25) is 0 Å². The van der Waals surface area contributed by atoms with E-state index in [0.29, 0.717) is 22.7 Å². The molecule has 0 aromatic heterocycles. The van der Waals surface area contributed by atoms with Crippen molar-refractivity contribution in [3.8, 4) is 11.5 Å². The van der Waals surface area contributed by atoms with E-state index in [1.807, 2.05) is 0 Å². The standard InChI is InChI=1S/C16H17BrFN3O2.HI/c1-22-12-4-6-15(23-2)14(8-12)21-16(19)20-9-10-7-11(17)3-5-13(10)18;/h3-8H,9H2,1-2H3,(H3,19,20,21);1H. The van der Waals surface area contributed by atoms with Crippen molar-refractivity contribution < 1.29 is 13.9 Å². The number of anilines is 1. The SMILES string of the molecule is COc1ccc(OC)c(NC(N)=NCc2cc(Br)ccc2F)c1.I. The second kappa shape index (κ2) is 9.67. The number of hydrogen-bond acceptors (Lipinski definition) is 3. The van der Waals surface area contributed by atoms with Crippen LogP contribution in [0, 0.1) is 5.82 Å². The molecule has 130 valence electrons. The van der Waals surface area contributed by atoms with E-state index < -0.39 is 0 Å². The van der Waals surface area contributed by atoms with Gasteiger partial charge in [-0.15, -0.1) is 24.0 Å². The van der Waals surface area contributed by atoms with Crippen LogP contribution in [0.25, 0.3) is 0 Å². The van der Waals surface area contributed by atoms with Crippen LogP contribution in [0.15, 0.2) is 45.9 Å². The highest BCUT2D eigenvalue weighted by molar-refractivity contribution is 14.0. The number of aliphatic imine (C=N–C) groups is 1. The van der Waals surface area contributed by atoms with Crippen molar-refractivity contribution in [3.63, 3.8) is 0 Å². The molecule has 24 heavy (non-hydrogen) atoms. The number of nitrogens with zero attached hydrogens (tertiary/aromatic N) is 1. The fourth-order valence-electron chi connectivity index (χ4n) is 1.92. The van der Waals surface area contributed by atoms with E-state index in [4.69, 9.17) is 15.2 Å². The Morgan fingerprint density at radius 1 is 1.21 bits per heavy atom. The number of halogens is 3. The maximum atomic E-state index is 13.7. The van der Waals surface area contributed by atoms with Crippen LogP contribution in [0.3, 0.4) is 0 Å². The second-order valence-corrected chi connectivity index (χ2v) is 5.54. The highest BCUT2D eigenvalue weighted by atomic mass is 127. The van der Waals surface area contributed by atoms with Crippen molar-refractivity contribution in [1.82, 2.24) is 0 Å². The number of nitrogens with one attached hydrogen (secondary N) is 1. The molecule has 2 rings (SSSR count). The van der Waals surface area contributed by atoms with Crippen LogP contribution in [0.1, 0.15) is 5.56 Å². The third-order valence-corrected chi connectivity index (χ3v) is 3.59. The van der Waals surface area contributed by atoms with Gasteiger partial charge in [0.2, 0.25) is 0 Å². The van der Waals surface area contributed by atoms with Crippen molar-refractivity contribution in [3.05, 3.63) is 52.3 Å². The Bertz CT molecular complexity index is 728. The topological polar surface area (TPSA) is 68.9 Å². The monoisotopic (exact) mass is 509 g/mol. The maximum Gasteiger partial charge on any atom is 0.193 e. The molecular formula is C16H18BrFIN3O2. The molecule has 0 saturated heterocycles. The molecule has 0 saturated carbocycles. The van der Waals surface area contributed by atoms with E-state index in [2.05, 4.69) is 26.2 Å². The smallest absolute Gasteiger partial charge is 0.193 e. The zero-order chi connectivity index (χ0) is 16.8. The molecule has 3 N–H and O–H groups in total. The van der Waals surface area contributed by atoms with Crippen LogP contribution in [0.5, 0.6) is 11.5 Å². The first-order chi connectivity index (χ1) is 11.0. The van der Waals surface area contributed by atoms with Gasteiger partial charge in [-0.2, -0.15) is 0 Å². The molecule has 0 spiro atoms. The van der Waals surface area contributed by atoms with Crippen molar-refractivity contribution in [2.75, 3.05) is 19.5 Å². The van der Waals surface area contributed by atoms with Crippen LogP contribution in [-0.4, -0.2) is 20.2 Å². The summed E-state index contributed by atoms with van der Waals surface area (Å²) in [4.78, 5) is 4.15. The zero-order valence-electron chi connectivity index (χ0n) is 13.2. The molecule has 0 aliphatic carbocycles. The quantitative estimate of drug-likeness (QED) is 0.361. The lowest BCUT2D eigenvalue weighted by atomic mass is 10.2. The van der Waals surface area contributed by atoms with E-state index >= 15 is 0 Å². The third kappa shape index (κ3) is 5.52. The van der Waals surface area contributed by atoms with Gasteiger partial charge in [-0.25, -0.2) is 9.38 Å². The van der Waals surface area contributed by atoms with Gasteiger partial charge in [0.1, 0.15) is 17.3 Å². The zero-order valence-corrected chi connectivity index (χ0v) is 17.1. The molecule has 2 aromatic carbocycles. The fraction of sp³-hybridized carbons (Fsp3) is 0.188. The van der Waals surface area contributed by atoms with Gasteiger partial charge in [0.25, 0.3) is 0 Å². The second-order valence-electron chi connectivity index (χ2n) is 4.63. The molecule has 0 amide bonds. The normalized spacial score (nSPS) is 10.8. The molecule has 0 unspecified atom stereocenters. The van der Waals surface area contributed by atoms with E-state index in [-0.39, 0.29) is 42.3 Å². The predicted octanol–water partition coefficient (Wildman–Crippen LogP) is 4.15. The van der Waals surface area contributed by atoms with Gasteiger partial charge >= 0.3 is 0 Å². The summed E-state index contributed by atoms with van der Waals surface area (Å²) in [7, 11) is 3.12. The number of hydrogen-bond donors (Lipinski definition) is 2. The Hall–Kier alpha value is -1.55. The Labute approximate surface area is 165 Å². The molecule has 0 heterocycles. The molecule has 0 radical (unpaired) electrons. The average molecular weight is 510 g/mol. The minimum Gasteiger partial charge on any atom is -0.497 e. The number of ether oxygens (including phenoxy) is 2. The summed E-state index contributed by atoms with van der Waals surface area (Å²) in [5.41, 5.74) is 6.92. The van der Waals surface area contributed by atoms with E-state index in [0.717, 1.165) is 4.47 Å². The van der Waals surface area contributed by atoms with Gasteiger partial charge in [0, 0.05) is 16.1 Å². The summed E-state index contributed by atoms with van der Waals surface area (Å²) in [6.07, 6.45) is 0. The Morgan fingerprint density at radius 3 is 2.62 bits per heavy atom. The maximum absolute atomic E-state index is 13.7. The minimum atomic E-state index is -0.330. The van der Waals surface area contributed by atoms with Crippen LogP contribution >= 0.6 is 39.9 Å². The Morgan fingerprint density at radius 2 is 1.96 bits per heavy atom. The summed E-state index contributed by atoms with van der Waals surface area (Å²) in [6, 6.07) is 9.94. The van der Waals surface area contributed by atoms with Crippen molar-refractivity contribution in [2.45, 2.75) is 6.54 Å². The third-order valence-electron chi connectivity index (χ3n) is 3.10. The number of rotatable bonds is 5. The molecule has 5 nitrogen and oxygen atoms in total. The van der Waals surface area contributed by atoms with Crippen LogP contribution in [0.4, 0.5) is 10.1 Å². The Kier molecular flexibility index (Phi) is 8.26. The minimum absolute atomic E-state index is 0. The number of nitrogens with two attached hydrogens (primary N) is 1. The highest BCUT2D eigenvalue weighted by Crippen LogP contribution is 2.28. The van der Waals surface area contributed by atoms with Gasteiger partial charge in [0.15, 0.2) is 5.96 Å². The lowest BCUT2D eigenvalue weighted by molar-refractivity contribution is 0.405. The molecule has 0 atom stereocenters. The number of guanidine groups is 1. The molecule has 0 aliphatic rings. The molecule has 0 aliphatic heterocycles. The van der Waals surface area contributed by atoms with Crippen molar-refractivity contribution >= 4 is 51.6 Å². The van der Waals surface area contributed by atoms with Crippen molar-refractivity contribution in [2.24, 2.45) is 10.7 Å². The van der Waals surface area contributed by atoms with E-state index in [1.165, 1.54) is 6.07 Å². The Balaban J connectivity index is 0.00000288. The predicted molar refractivity (Wildman–Crippen MR) is 108 cm³/mol. The van der Waals surface area contributed by atoms with E-state index in [1.54, 1.807) is 44.6 Å². The molecular weight excluding hydrogens is 492 g/mol. The summed E-state index contributed by atoms with van der Waals surface area (Å²) in [5, 5.41) is 2.93. The largest absolute Gasteiger partial charge is 0.497 e. The summed E-state index contributed by atoms with van der Waals surface area (Å²) >= 11 is 3.30. The molecule has 8 heteroatoms.